The molecule has 0 fully saturated rings. The topological polar surface area (TPSA) is 95.4 Å². The predicted molar refractivity (Wildman–Crippen MR) is 80.0 cm³/mol. The zero-order chi connectivity index (χ0) is 15.4. The first-order chi connectivity index (χ1) is 9.95. The number of aromatic nitrogens is 2. The minimum Gasteiger partial charge on any atom is -0.481 e. The molecule has 21 heavy (non-hydrogen) atoms. The van der Waals surface area contributed by atoms with E-state index in [1.165, 1.54) is 17.5 Å². The van der Waals surface area contributed by atoms with Crippen molar-refractivity contribution in [1.29, 1.82) is 0 Å². The number of carboxylic acid groups (broad SMARTS) is 1. The molecule has 0 bridgehead atoms. The summed E-state index contributed by atoms with van der Waals surface area (Å²) in [5.74, 6) is -0.532. The average Bonchev–Trinajstić information content (AvgIpc) is 2.85. The fraction of sp³-hybridized carbons (Fsp3) is 0.231. The molecule has 2 aromatic rings. The molecule has 0 spiro atoms. The number of carbonyl (C=O) groups is 2. The van der Waals surface area contributed by atoms with E-state index < -0.39 is 5.97 Å². The third-order valence-electron chi connectivity index (χ3n) is 2.57. The van der Waals surface area contributed by atoms with Crippen molar-refractivity contribution in [2.45, 2.75) is 6.42 Å². The van der Waals surface area contributed by atoms with Gasteiger partial charge in [0.05, 0.1) is 17.7 Å². The Morgan fingerprint density at radius 1 is 1.38 bits per heavy atom. The van der Waals surface area contributed by atoms with Crippen LogP contribution in [0.4, 0.5) is 10.9 Å². The number of nitrogens with one attached hydrogen (secondary N) is 1. The van der Waals surface area contributed by atoms with Gasteiger partial charge in [-0.2, -0.15) is 0 Å². The molecule has 110 valence electrons. The van der Waals surface area contributed by atoms with Crippen molar-refractivity contribution in [2.24, 2.45) is 0 Å². The first-order valence-electron chi connectivity index (χ1n) is 6.06. The molecule has 2 N–H and O–H groups in total. The minimum absolute atomic E-state index is 0.161. The zero-order valence-corrected chi connectivity index (χ0v) is 12.3. The van der Waals surface area contributed by atoms with Gasteiger partial charge in [0.1, 0.15) is 5.82 Å². The predicted octanol–water partition coefficient (Wildman–Crippen LogP) is 1.48. The molecule has 0 unspecified atom stereocenters. The molecular formula is C13H14N4O3S. The standard InChI is InChI=1S/C13H14N4O3S/c1-17(2)10-4-3-8(6-14-10)12(20)16-13-15-9(7-21-13)5-11(18)19/h3-4,6-7H,5H2,1-2H3,(H,18,19)(H,15,16,20). The van der Waals surface area contributed by atoms with Gasteiger partial charge in [0.25, 0.3) is 5.91 Å². The number of aliphatic carboxylic acids is 1. The van der Waals surface area contributed by atoms with Crippen molar-refractivity contribution in [2.75, 3.05) is 24.3 Å². The van der Waals surface area contributed by atoms with Crippen molar-refractivity contribution >= 4 is 34.2 Å². The lowest BCUT2D eigenvalue weighted by Gasteiger charge is -2.10. The zero-order valence-electron chi connectivity index (χ0n) is 11.5. The number of hydrogen-bond acceptors (Lipinski definition) is 6. The molecule has 0 aliphatic heterocycles. The molecule has 7 nitrogen and oxygen atoms in total. The molecule has 0 saturated carbocycles. The van der Waals surface area contributed by atoms with Crippen molar-refractivity contribution in [3.63, 3.8) is 0 Å². The largest absolute Gasteiger partial charge is 0.481 e. The normalized spacial score (nSPS) is 10.2. The Labute approximate surface area is 125 Å². The molecule has 1 amide bonds. The second-order valence-corrected chi connectivity index (χ2v) is 5.33. The maximum atomic E-state index is 12.0. The number of hydrogen-bond donors (Lipinski definition) is 2. The molecule has 0 aliphatic carbocycles. The fourth-order valence-electron chi connectivity index (χ4n) is 1.55. The van der Waals surface area contributed by atoms with Crippen LogP contribution in [0, 0.1) is 0 Å². The Morgan fingerprint density at radius 2 is 2.14 bits per heavy atom. The van der Waals surface area contributed by atoms with Crippen LogP contribution in [0.3, 0.4) is 0 Å². The van der Waals surface area contributed by atoms with E-state index in [0.29, 0.717) is 16.4 Å². The van der Waals surface area contributed by atoms with E-state index in [0.717, 1.165) is 5.82 Å². The molecule has 0 aromatic carbocycles. The van der Waals surface area contributed by atoms with Crippen LogP contribution in [0.25, 0.3) is 0 Å². The summed E-state index contributed by atoms with van der Waals surface area (Å²) in [5, 5.41) is 13.3. The highest BCUT2D eigenvalue weighted by Crippen LogP contribution is 2.17. The van der Waals surface area contributed by atoms with Crippen molar-refractivity contribution in [3.05, 3.63) is 35.0 Å². The number of anilines is 2. The average molecular weight is 306 g/mol. The molecule has 8 heteroatoms. The van der Waals surface area contributed by atoms with Crippen molar-refractivity contribution in [1.82, 2.24) is 9.97 Å². The van der Waals surface area contributed by atoms with Crippen LogP contribution in [0.1, 0.15) is 16.1 Å². The second-order valence-electron chi connectivity index (χ2n) is 4.47. The summed E-state index contributed by atoms with van der Waals surface area (Å²) < 4.78 is 0. The van der Waals surface area contributed by atoms with E-state index in [1.54, 1.807) is 17.5 Å². The van der Waals surface area contributed by atoms with Crippen LogP contribution in [0.2, 0.25) is 0 Å². The Bertz CT molecular complexity index is 652. The molecule has 0 atom stereocenters. The van der Waals surface area contributed by atoms with Crippen LogP contribution in [0.15, 0.2) is 23.7 Å². The first-order valence-corrected chi connectivity index (χ1v) is 6.94. The number of rotatable bonds is 5. The van der Waals surface area contributed by atoms with Crippen LogP contribution in [0.5, 0.6) is 0 Å². The summed E-state index contributed by atoms with van der Waals surface area (Å²) in [6.45, 7) is 0. The van der Waals surface area contributed by atoms with E-state index in [4.69, 9.17) is 5.11 Å². The maximum absolute atomic E-state index is 12.0. The van der Waals surface area contributed by atoms with Crippen LogP contribution >= 0.6 is 11.3 Å². The molecule has 2 heterocycles. The number of nitrogens with zero attached hydrogens (tertiary/aromatic N) is 3. The second kappa shape index (κ2) is 6.31. The van der Waals surface area contributed by atoms with Gasteiger partial charge in [-0.05, 0) is 12.1 Å². The summed E-state index contributed by atoms with van der Waals surface area (Å²) >= 11 is 1.19. The van der Waals surface area contributed by atoms with Gasteiger partial charge in [-0.3, -0.25) is 14.9 Å². The van der Waals surface area contributed by atoms with Gasteiger partial charge in [0, 0.05) is 25.7 Å². The molecule has 2 rings (SSSR count). The number of thiazole rings is 1. The Balaban J connectivity index is 2.03. The van der Waals surface area contributed by atoms with Gasteiger partial charge < -0.3 is 10.0 Å². The Kier molecular flexibility index (Phi) is 4.49. The highest BCUT2D eigenvalue weighted by atomic mass is 32.1. The van der Waals surface area contributed by atoms with Gasteiger partial charge in [-0.1, -0.05) is 0 Å². The summed E-state index contributed by atoms with van der Waals surface area (Å²) in [4.78, 5) is 32.6. The number of carboxylic acids is 1. The molecule has 0 radical (unpaired) electrons. The van der Waals surface area contributed by atoms with E-state index in [2.05, 4.69) is 15.3 Å². The van der Waals surface area contributed by atoms with Gasteiger partial charge in [-0.25, -0.2) is 9.97 Å². The fourth-order valence-corrected chi connectivity index (χ4v) is 2.26. The van der Waals surface area contributed by atoms with Crippen LogP contribution in [-0.2, 0) is 11.2 Å². The number of carbonyl (C=O) groups excluding carboxylic acids is 1. The quantitative estimate of drug-likeness (QED) is 0.869. The summed E-state index contributed by atoms with van der Waals surface area (Å²) in [7, 11) is 3.73. The smallest absolute Gasteiger partial charge is 0.309 e. The lowest BCUT2D eigenvalue weighted by Crippen LogP contribution is -2.14. The van der Waals surface area contributed by atoms with Gasteiger partial charge in [-0.15, -0.1) is 11.3 Å². The minimum atomic E-state index is -0.957. The summed E-state index contributed by atoms with van der Waals surface area (Å²) in [6.07, 6.45) is 1.32. The van der Waals surface area contributed by atoms with E-state index in [9.17, 15) is 9.59 Å². The molecule has 2 aromatic heterocycles. The van der Waals surface area contributed by atoms with E-state index in [-0.39, 0.29) is 12.3 Å². The summed E-state index contributed by atoms with van der Waals surface area (Å²) in [6, 6.07) is 3.41. The SMILES string of the molecule is CN(C)c1ccc(C(=O)Nc2nc(CC(=O)O)cs2)cn1. The lowest BCUT2D eigenvalue weighted by molar-refractivity contribution is -0.136. The van der Waals surface area contributed by atoms with E-state index in [1.807, 2.05) is 19.0 Å². The third kappa shape index (κ3) is 3.99. The van der Waals surface area contributed by atoms with Gasteiger partial charge in [0.15, 0.2) is 5.13 Å². The third-order valence-corrected chi connectivity index (χ3v) is 3.38. The van der Waals surface area contributed by atoms with E-state index >= 15 is 0 Å². The Hall–Kier alpha value is -2.48. The first kappa shape index (κ1) is 14.9. The van der Waals surface area contributed by atoms with Crippen LogP contribution in [-0.4, -0.2) is 41.0 Å². The monoisotopic (exact) mass is 306 g/mol. The Morgan fingerprint density at radius 3 is 2.71 bits per heavy atom. The number of amides is 1. The molecule has 0 aliphatic rings. The van der Waals surface area contributed by atoms with Gasteiger partial charge >= 0.3 is 5.97 Å². The highest BCUT2D eigenvalue weighted by Gasteiger charge is 2.11. The number of pyridine rings is 1. The van der Waals surface area contributed by atoms with Crippen LogP contribution < -0.4 is 10.2 Å². The summed E-state index contributed by atoms with van der Waals surface area (Å²) in [5.41, 5.74) is 0.833. The maximum Gasteiger partial charge on any atom is 0.309 e. The van der Waals surface area contributed by atoms with Crippen molar-refractivity contribution < 1.29 is 14.7 Å². The van der Waals surface area contributed by atoms with Crippen molar-refractivity contribution in [3.8, 4) is 0 Å². The lowest BCUT2D eigenvalue weighted by atomic mass is 10.2. The molecule has 0 saturated heterocycles. The molecular weight excluding hydrogens is 292 g/mol. The highest BCUT2D eigenvalue weighted by molar-refractivity contribution is 7.14. The van der Waals surface area contributed by atoms with Gasteiger partial charge in [0.2, 0.25) is 0 Å².